The van der Waals surface area contributed by atoms with E-state index < -0.39 is 0 Å². The summed E-state index contributed by atoms with van der Waals surface area (Å²) in [7, 11) is 3.16. The molecule has 0 spiro atoms. The lowest BCUT2D eigenvalue weighted by Crippen LogP contribution is -2.50. The maximum absolute atomic E-state index is 11.7. The van der Waals surface area contributed by atoms with Crippen LogP contribution >= 0.6 is 0 Å². The van der Waals surface area contributed by atoms with Crippen LogP contribution < -0.4 is 10.6 Å². The van der Waals surface area contributed by atoms with Crippen molar-refractivity contribution >= 4 is 11.9 Å². The number of amides is 3. The molecule has 15 heavy (non-hydrogen) atoms. The highest BCUT2D eigenvalue weighted by Crippen LogP contribution is 1.95. The zero-order valence-electron chi connectivity index (χ0n) is 9.25. The van der Waals surface area contributed by atoms with Crippen molar-refractivity contribution in [1.82, 2.24) is 20.4 Å². The summed E-state index contributed by atoms with van der Waals surface area (Å²) in [6, 6.07) is -0.238. The molecule has 1 aliphatic rings. The highest BCUT2D eigenvalue weighted by molar-refractivity contribution is 5.83. The third-order valence-corrected chi connectivity index (χ3v) is 2.40. The molecule has 1 fully saturated rings. The number of nitrogens with one attached hydrogen (secondary N) is 2. The number of rotatable bonds is 2. The predicted octanol–water partition coefficient (Wildman–Crippen LogP) is -1.31. The van der Waals surface area contributed by atoms with Gasteiger partial charge < -0.3 is 20.4 Å². The molecular weight excluding hydrogens is 196 g/mol. The molecule has 0 atom stereocenters. The fourth-order valence-corrected chi connectivity index (χ4v) is 1.48. The van der Waals surface area contributed by atoms with Gasteiger partial charge in [-0.25, -0.2) is 4.79 Å². The van der Waals surface area contributed by atoms with Gasteiger partial charge in [-0.1, -0.05) is 0 Å². The van der Waals surface area contributed by atoms with Crippen LogP contribution in [0.2, 0.25) is 0 Å². The molecule has 0 aliphatic carbocycles. The Morgan fingerprint density at radius 2 is 2.00 bits per heavy atom. The molecule has 1 rings (SSSR count). The van der Waals surface area contributed by atoms with E-state index in [9.17, 15) is 9.59 Å². The summed E-state index contributed by atoms with van der Waals surface area (Å²) in [6.45, 7) is 3.24. The Bertz CT molecular complexity index is 238. The molecule has 0 unspecified atom stereocenters. The SMILES string of the molecule is CNC(=O)N(C)CC(=O)N1CCNCC1. The number of likely N-dealkylation sites (N-methyl/N-ethyl adjacent to an activating group) is 1. The monoisotopic (exact) mass is 214 g/mol. The van der Waals surface area contributed by atoms with Crippen molar-refractivity contribution in [3.8, 4) is 0 Å². The lowest BCUT2D eigenvalue weighted by Gasteiger charge is -2.29. The number of hydrogen-bond acceptors (Lipinski definition) is 3. The first kappa shape index (κ1) is 11.8. The van der Waals surface area contributed by atoms with Crippen LogP contribution in [0.4, 0.5) is 4.79 Å². The molecule has 0 aromatic heterocycles. The maximum Gasteiger partial charge on any atom is 0.317 e. The summed E-state index contributed by atoms with van der Waals surface area (Å²) in [5.41, 5.74) is 0. The number of carbonyl (C=O) groups is 2. The molecular formula is C9H18N4O2. The van der Waals surface area contributed by atoms with E-state index >= 15 is 0 Å². The van der Waals surface area contributed by atoms with Crippen molar-refractivity contribution in [3.63, 3.8) is 0 Å². The average Bonchev–Trinajstić information content (AvgIpc) is 2.29. The molecule has 3 amide bonds. The number of urea groups is 1. The summed E-state index contributed by atoms with van der Waals surface area (Å²) in [5, 5.41) is 5.65. The Morgan fingerprint density at radius 1 is 1.40 bits per heavy atom. The van der Waals surface area contributed by atoms with Gasteiger partial charge in [-0.05, 0) is 0 Å². The lowest BCUT2D eigenvalue weighted by atomic mass is 10.3. The largest absolute Gasteiger partial charge is 0.341 e. The van der Waals surface area contributed by atoms with E-state index in [1.807, 2.05) is 0 Å². The van der Waals surface area contributed by atoms with Crippen molar-refractivity contribution in [2.45, 2.75) is 0 Å². The Morgan fingerprint density at radius 3 is 2.53 bits per heavy atom. The van der Waals surface area contributed by atoms with Crippen LogP contribution in [0.25, 0.3) is 0 Å². The van der Waals surface area contributed by atoms with Gasteiger partial charge in [0.1, 0.15) is 6.54 Å². The van der Waals surface area contributed by atoms with Crippen molar-refractivity contribution in [2.24, 2.45) is 0 Å². The molecule has 1 saturated heterocycles. The lowest BCUT2D eigenvalue weighted by molar-refractivity contribution is -0.132. The zero-order valence-corrected chi connectivity index (χ0v) is 9.25. The highest BCUT2D eigenvalue weighted by Gasteiger charge is 2.19. The van der Waals surface area contributed by atoms with Gasteiger partial charge >= 0.3 is 6.03 Å². The van der Waals surface area contributed by atoms with Crippen molar-refractivity contribution in [2.75, 3.05) is 46.8 Å². The molecule has 86 valence electrons. The van der Waals surface area contributed by atoms with Gasteiger partial charge in [0.05, 0.1) is 0 Å². The fourth-order valence-electron chi connectivity index (χ4n) is 1.48. The number of nitrogens with zero attached hydrogens (tertiary/aromatic N) is 2. The molecule has 6 nitrogen and oxygen atoms in total. The fraction of sp³-hybridized carbons (Fsp3) is 0.778. The van der Waals surface area contributed by atoms with Crippen molar-refractivity contribution < 1.29 is 9.59 Å². The van der Waals surface area contributed by atoms with Crippen LogP contribution in [0.15, 0.2) is 0 Å². The van der Waals surface area contributed by atoms with Gasteiger partial charge in [0.2, 0.25) is 5.91 Å². The summed E-state index contributed by atoms with van der Waals surface area (Å²) in [6.07, 6.45) is 0. The first-order chi connectivity index (χ1) is 7.15. The van der Waals surface area contributed by atoms with E-state index in [4.69, 9.17) is 0 Å². The molecule has 0 aromatic carbocycles. The highest BCUT2D eigenvalue weighted by atomic mass is 16.2. The second-order valence-corrected chi connectivity index (χ2v) is 3.54. The third-order valence-electron chi connectivity index (χ3n) is 2.40. The normalized spacial score (nSPS) is 16.0. The minimum Gasteiger partial charge on any atom is -0.341 e. The number of hydrogen-bond donors (Lipinski definition) is 2. The summed E-state index contributed by atoms with van der Waals surface area (Å²) >= 11 is 0. The molecule has 0 bridgehead atoms. The van der Waals surface area contributed by atoms with Gasteiger partial charge in [-0.3, -0.25) is 4.79 Å². The molecule has 0 saturated carbocycles. The summed E-state index contributed by atoms with van der Waals surface area (Å²) in [4.78, 5) is 26.0. The average molecular weight is 214 g/mol. The third kappa shape index (κ3) is 3.39. The molecule has 0 radical (unpaired) electrons. The van der Waals surface area contributed by atoms with Crippen LogP contribution in [-0.4, -0.2) is 68.6 Å². The molecule has 1 aliphatic heterocycles. The molecule has 6 heteroatoms. The van der Waals surface area contributed by atoms with E-state index in [1.165, 1.54) is 4.90 Å². The first-order valence-electron chi connectivity index (χ1n) is 5.06. The Hall–Kier alpha value is -1.30. The van der Waals surface area contributed by atoms with Crippen LogP contribution in [-0.2, 0) is 4.79 Å². The minimum absolute atomic E-state index is 0.00241. The van der Waals surface area contributed by atoms with Gasteiger partial charge in [0.15, 0.2) is 0 Å². The quantitative estimate of drug-likeness (QED) is 0.600. The smallest absolute Gasteiger partial charge is 0.317 e. The topological polar surface area (TPSA) is 64.7 Å². The first-order valence-corrected chi connectivity index (χ1v) is 5.06. The summed E-state index contributed by atoms with van der Waals surface area (Å²) < 4.78 is 0. The Labute approximate surface area is 89.6 Å². The predicted molar refractivity (Wildman–Crippen MR) is 56.5 cm³/mol. The van der Waals surface area contributed by atoms with Gasteiger partial charge in [0.25, 0.3) is 0 Å². The van der Waals surface area contributed by atoms with Crippen LogP contribution in [0, 0.1) is 0 Å². The van der Waals surface area contributed by atoms with Gasteiger partial charge in [-0.2, -0.15) is 0 Å². The Kier molecular flexibility index (Phi) is 4.36. The van der Waals surface area contributed by atoms with Crippen LogP contribution in [0.5, 0.6) is 0 Å². The van der Waals surface area contributed by atoms with E-state index in [0.717, 1.165) is 26.2 Å². The standard InChI is InChI=1S/C9H18N4O2/c1-10-9(15)12(2)7-8(14)13-5-3-11-4-6-13/h11H,3-7H2,1-2H3,(H,10,15). The van der Waals surface area contributed by atoms with E-state index in [-0.39, 0.29) is 18.5 Å². The second kappa shape index (κ2) is 5.55. The molecule has 2 N–H and O–H groups in total. The number of piperazine rings is 1. The van der Waals surface area contributed by atoms with Gasteiger partial charge in [0, 0.05) is 40.3 Å². The second-order valence-electron chi connectivity index (χ2n) is 3.54. The van der Waals surface area contributed by atoms with E-state index in [2.05, 4.69) is 10.6 Å². The molecule has 0 aromatic rings. The Balaban J connectivity index is 2.36. The minimum atomic E-state index is -0.238. The zero-order chi connectivity index (χ0) is 11.3. The van der Waals surface area contributed by atoms with Crippen LogP contribution in [0.3, 0.4) is 0 Å². The van der Waals surface area contributed by atoms with Crippen molar-refractivity contribution in [3.05, 3.63) is 0 Å². The van der Waals surface area contributed by atoms with Crippen molar-refractivity contribution in [1.29, 1.82) is 0 Å². The van der Waals surface area contributed by atoms with Crippen LogP contribution in [0.1, 0.15) is 0 Å². The number of carbonyl (C=O) groups excluding carboxylic acids is 2. The van der Waals surface area contributed by atoms with E-state index in [1.54, 1.807) is 19.0 Å². The van der Waals surface area contributed by atoms with Gasteiger partial charge in [-0.15, -0.1) is 0 Å². The van der Waals surface area contributed by atoms with E-state index in [0.29, 0.717) is 0 Å². The maximum atomic E-state index is 11.7. The molecule has 1 heterocycles. The summed E-state index contributed by atoms with van der Waals surface area (Å²) in [5.74, 6) is 0.00241.